The number of hydrogen-bond donors (Lipinski definition) is 2. The van der Waals surface area contributed by atoms with Crippen LogP contribution >= 0.6 is 0 Å². The summed E-state index contributed by atoms with van der Waals surface area (Å²) in [4.78, 5) is 24.7. The van der Waals surface area contributed by atoms with Gasteiger partial charge in [0.1, 0.15) is 16.5 Å². The second-order valence-corrected chi connectivity index (χ2v) is 9.73. The number of benzene rings is 2. The quantitative estimate of drug-likeness (QED) is 0.533. The van der Waals surface area contributed by atoms with Gasteiger partial charge >= 0.3 is 0 Å². The molecule has 34 heavy (non-hydrogen) atoms. The van der Waals surface area contributed by atoms with Crippen molar-refractivity contribution in [2.75, 3.05) is 12.4 Å². The average Bonchev–Trinajstić information content (AvgIpc) is 3.13. The lowest BCUT2D eigenvalue weighted by molar-refractivity contribution is -0.116. The molecule has 0 radical (unpaired) electrons. The van der Waals surface area contributed by atoms with E-state index < -0.39 is 10.0 Å². The molecule has 0 aliphatic carbocycles. The van der Waals surface area contributed by atoms with Crippen molar-refractivity contribution < 1.29 is 22.7 Å². The van der Waals surface area contributed by atoms with Crippen LogP contribution < -0.4 is 14.8 Å². The van der Waals surface area contributed by atoms with Gasteiger partial charge in [-0.15, -0.1) is 0 Å². The number of nitrogens with one attached hydrogen (secondary N) is 2. The van der Waals surface area contributed by atoms with Gasteiger partial charge in [0.25, 0.3) is 0 Å². The first kappa shape index (κ1) is 23.7. The van der Waals surface area contributed by atoms with E-state index in [1.165, 1.54) is 17.9 Å². The fourth-order valence-corrected chi connectivity index (χ4v) is 5.13. The van der Waals surface area contributed by atoms with Gasteiger partial charge in [-0.3, -0.25) is 9.59 Å². The molecular formula is C24H26N4O5S. The van der Waals surface area contributed by atoms with Gasteiger partial charge in [0.05, 0.1) is 12.8 Å². The fourth-order valence-electron chi connectivity index (χ4n) is 3.93. The van der Waals surface area contributed by atoms with E-state index in [-0.39, 0.29) is 47.7 Å². The summed E-state index contributed by atoms with van der Waals surface area (Å²) >= 11 is 0. The number of aryl methyl sites for hydroxylation is 2. The molecule has 0 saturated carbocycles. The zero-order chi connectivity index (χ0) is 24.5. The molecule has 0 spiro atoms. The maximum Gasteiger partial charge on any atom is 0.249 e. The van der Waals surface area contributed by atoms with E-state index in [0.717, 1.165) is 11.1 Å². The van der Waals surface area contributed by atoms with Gasteiger partial charge in [-0.2, -0.15) is 9.78 Å². The number of carbonyl (C=O) groups is 2. The molecule has 9 nitrogen and oxygen atoms in total. The molecule has 0 saturated heterocycles. The standard InChI is InChI=1S/C24H26N4O5S/c1-4-18-23(24-26-21(29)11-12-22(30)28(24)27-18)16-9-10-19(33-3)20(13-16)34(31,32)25-14-17-8-6-5-7-15(17)2/h5-10,13,25H,4,11-12,14H2,1-3H3,(H,26,29). The van der Waals surface area contributed by atoms with Crippen LogP contribution in [0.3, 0.4) is 0 Å². The molecule has 3 aromatic rings. The lowest BCUT2D eigenvalue weighted by Crippen LogP contribution is -2.24. The van der Waals surface area contributed by atoms with E-state index in [4.69, 9.17) is 4.74 Å². The molecule has 1 aliphatic rings. The molecule has 0 bridgehead atoms. The number of methoxy groups -OCH3 is 1. The van der Waals surface area contributed by atoms with Crippen molar-refractivity contribution in [3.63, 3.8) is 0 Å². The number of anilines is 1. The normalized spacial score (nSPS) is 13.9. The first-order valence-corrected chi connectivity index (χ1v) is 12.4. The largest absolute Gasteiger partial charge is 0.495 e. The molecular weight excluding hydrogens is 456 g/mol. The van der Waals surface area contributed by atoms with Crippen molar-refractivity contribution in [1.82, 2.24) is 14.5 Å². The van der Waals surface area contributed by atoms with Crippen molar-refractivity contribution in [1.29, 1.82) is 0 Å². The van der Waals surface area contributed by atoms with Crippen LogP contribution in [0.5, 0.6) is 5.75 Å². The number of hydrogen-bond acceptors (Lipinski definition) is 6. The Hall–Kier alpha value is -3.50. The second-order valence-electron chi connectivity index (χ2n) is 7.99. The van der Waals surface area contributed by atoms with Crippen molar-refractivity contribution in [2.45, 2.75) is 44.6 Å². The zero-order valence-electron chi connectivity index (χ0n) is 19.2. The summed E-state index contributed by atoms with van der Waals surface area (Å²) in [6.45, 7) is 3.91. The molecule has 178 valence electrons. The second kappa shape index (κ2) is 9.40. The fraction of sp³-hybridized carbons (Fsp3) is 0.292. The highest BCUT2D eigenvalue weighted by Crippen LogP contribution is 2.37. The predicted molar refractivity (Wildman–Crippen MR) is 127 cm³/mol. The first-order valence-electron chi connectivity index (χ1n) is 10.9. The average molecular weight is 483 g/mol. The van der Waals surface area contributed by atoms with Gasteiger partial charge in [-0.25, -0.2) is 13.1 Å². The molecule has 2 heterocycles. The van der Waals surface area contributed by atoms with Gasteiger partial charge in [0.15, 0.2) is 0 Å². The van der Waals surface area contributed by atoms with Gasteiger partial charge in [0.2, 0.25) is 21.8 Å². The monoisotopic (exact) mass is 482 g/mol. The van der Waals surface area contributed by atoms with Crippen molar-refractivity contribution in [2.24, 2.45) is 0 Å². The molecule has 0 fully saturated rings. The number of carbonyl (C=O) groups excluding carboxylic acids is 2. The number of sulfonamides is 1. The summed E-state index contributed by atoms with van der Waals surface area (Å²) in [5.74, 6) is -0.157. The van der Waals surface area contributed by atoms with Gasteiger partial charge < -0.3 is 10.1 Å². The van der Waals surface area contributed by atoms with E-state index in [2.05, 4.69) is 15.1 Å². The third kappa shape index (κ3) is 4.46. The van der Waals surface area contributed by atoms with Gasteiger partial charge in [0, 0.05) is 24.9 Å². The van der Waals surface area contributed by atoms with Crippen molar-refractivity contribution in [3.05, 3.63) is 59.3 Å². The summed E-state index contributed by atoms with van der Waals surface area (Å²) in [6, 6.07) is 12.3. The van der Waals surface area contributed by atoms with Crippen LogP contribution in [0.15, 0.2) is 47.4 Å². The summed E-state index contributed by atoms with van der Waals surface area (Å²) < 4.78 is 35.8. The Morgan fingerprint density at radius 2 is 1.91 bits per heavy atom. The Balaban J connectivity index is 1.79. The van der Waals surface area contributed by atoms with Crippen molar-refractivity contribution in [3.8, 4) is 16.9 Å². The molecule has 0 atom stereocenters. The van der Waals surface area contributed by atoms with Crippen LogP contribution in [0.25, 0.3) is 11.1 Å². The van der Waals surface area contributed by atoms with E-state index in [9.17, 15) is 18.0 Å². The predicted octanol–water partition coefficient (Wildman–Crippen LogP) is 3.28. The highest BCUT2D eigenvalue weighted by Gasteiger charge is 2.28. The summed E-state index contributed by atoms with van der Waals surface area (Å²) in [5, 5.41) is 7.16. The van der Waals surface area contributed by atoms with Crippen LogP contribution in [0.1, 0.15) is 41.4 Å². The number of fused-ring (bicyclic) bond motifs is 1. The molecule has 10 heteroatoms. The molecule has 1 amide bonds. The number of ether oxygens (including phenoxy) is 1. The zero-order valence-corrected chi connectivity index (χ0v) is 20.0. The number of aromatic nitrogens is 2. The smallest absolute Gasteiger partial charge is 0.249 e. The van der Waals surface area contributed by atoms with Crippen LogP contribution in [0.2, 0.25) is 0 Å². The number of nitrogens with zero attached hydrogens (tertiary/aromatic N) is 2. The van der Waals surface area contributed by atoms with E-state index in [1.807, 2.05) is 38.1 Å². The molecule has 2 aromatic carbocycles. The third-order valence-corrected chi connectivity index (χ3v) is 7.23. The SMILES string of the molecule is CCc1nn2c(c1-c1ccc(OC)c(S(=O)(=O)NCc3ccccc3C)c1)NC(=O)CCC2=O. The molecule has 1 aliphatic heterocycles. The Morgan fingerprint density at radius 3 is 2.62 bits per heavy atom. The van der Waals surface area contributed by atoms with Crippen LogP contribution in [0, 0.1) is 6.92 Å². The molecule has 0 unspecified atom stereocenters. The third-order valence-electron chi connectivity index (χ3n) is 5.81. The maximum atomic E-state index is 13.3. The minimum atomic E-state index is -3.96. The summed E-state index contributed by atoms with van der Waals surface area (Å²) in [6.07, 6.45) is 0.598. The van der Waals surface area contributed by atoms with Crippen LogP contribution in [0.4, 0.5) is 5.82 Å². The summed E-state index contributed by atoms with van der Waals surface area (Å²) in [7, 11) is -2.56. The maximum absolute atomic E-state index is 13.3. The van der Waals surface area contributed by atoms with Gasteiger partial charge in [-0.1, -0.05) is 37.3 Å². The topological polar surface area (TPSA) is 119 Å². The Morgan fingerprint density at radius 1 is 1.15 bits per heavy atom. The van der Waals surface area contributed by atoms with E-state index in [0.29, 0.717) is 23.2 Å². The Kier molecular flexibility index (Phi) is 6.54. The lowest BCUT2D eigenvalue weighted by atomic mass is 10.0. The highest BCUT2D eigenvalue weighted by atomic mass is 32.2. The molecule has 4 rings (SSSR count). The highest BCUT2D eigenvalue weighted by molar-refractivity contribution is 7.89. The van der Waals surface area contributed by atoms with Crippen molar-refractivity contribution >= 4 is 27.7 Å². The minimum absolute atomic E-state index is 0.0469. The minimum Gasteiger partial charge on any atom is -0.495 e. The Bertz CT molecular complexity index is 1380. The van der Waals surface area contributed by atoms with Crippen LogP contribution in [-0.4, -0.2) is 37.1 Å². The first-order chi connectivity index (χ1) is 16.2. The van der Waals surface area contributed by atoms with E-state index in [1.54, 1.807) is 12.1 Å². The number of amides is 1. The van der Waals surface area contributed by atoms with Crippen LogP contribution in [-0.2, 0) is 27.8 Å². The molecule has 1 aromatic heterocycles. The van der Waals surface area contributed by atoms with Gasteiger partial charge in [-0.05, 0) is 42.2 Å². The van der Waals surface area contributed by atoms with E-state index >= 15 is 0 Å². The lowest BCUT2D eigenvalue weighted by Gasteiger charge is -2.14. The molecule has 2 N–H and O–H groups in total. The Labute approximate surface area is 198 Å². The summed E-state index contributed by atoms with van der Waals surface area (Å²) in [5.41, 5.74) is 3.43. The number of rotatable bonds is 7.